The van der Waals surface area contributed by atoms with Gasteiger partial charge >= 0.3 is 6.03 Å². The van der Waals surface area contributed by atoms with E-state index in [1.165, 1.54) is 24.0 Å². The summed E-state index contributed by atoms with van der Waals surface area (Å²) in [4.78, 5) is 58.0. The van der Waals surface area contributed by atoms with Gasteiger partial charge in [-0.15, -0.1) is 0 Å². The van der Waals surface area contributed by atoms with E-state index in [1.807, 2.05) is 35.2 Å². The molecule has 1 aromatic heterocycles. The van der Waals surface area contributed by atoms with E-state index < -0.39 is 6.03 Å². The van der Waals surface area contributed by atoms with Gasteiger partial charge in [0.05, 0.1) is 24.6 Å². The fourth-order valence-electron chi connectivity index (χ4n) is 3.77. The highest BCUT2D eigenvalue weighted by Crippen LogP contribution is 2.15. The fraction of sp³-hybridized carbons (Fsp3) is 0.381. The summed E-state index contributed by atoms with van der Waals surface area (Å²) < 4.78 is 1.30. The normalized spacial score (nSPS) is 20.0. The lowest BCUT2D eigenvalue weighted by Gasteiger charge is -2.41. The van der Waals surface area contributed by atoms with Gasteiger partial charge in [-0.1, -0.05) is 30.3 Å². The number of aromatic nitrogens is 2. The second-order valence-corrected chi connectivity index (χ2v) is 7.65. The average molecular weight is 424 g/mol. The largest absolute Gasteiger partial charge is 0.339 e. The van der Waals surface area contributed by atoms with Crippen LogP contribution in [0, 0.1) is 0 Å². The lowest BCUT2D eigenvalue weighted by Crippen LogP contribution is -2.62. The van der Waals surface area contributed by atoms with Gasteiger partial charge in [0, 0.05) is 44.9 Å². The smallest absolute Gasteiger partial charge is 0.325 e. The molecule has 162 valence electrons. The van der Waals surface area contributed by atoms with Gasteiger partial charge in [0.2, 0.25) is 11.8 Å². The zero-order valence-corrected chi connectivity index (χ0v) is 17.2. The highest BCUT2D eigenvalue weighted by Gasteiger charge is 2.34. The van der Waals surface area contributed by atoms with Crippen molar-refractivity contribution in [3.05, 3.63) is 53.1 Å². The molecule has 0 spiro atoms. The number of piperazine rings is 1. The van der Waals surface area contributed by atoms with E-state index in [0.29, 0.717) is 31.9 Å². The van der Waals surface area contributed by atoms with Crippen LogP contribution < -0.4 is 10.9 Å². The van der Waals surface area contributed by atoms with Gasteiger partial charge in [-0.3, -0.25) is 28.8 Å². The summed E-state index contributed by atoms with van der Waals surface area (Å²) in [5.41, 5.74) is 1.12. The van der Waals surface area contributed by atoms with Crippen LogP contribution in [0.4, 0.5) is 4.79 Å². The van der Waals surface area contributed by atoms with E-state index >= 15 is 0 Å². The minimum Gasteiger partial charge on any atom is -0.339 e. The van der Waals surface area contributed by atoms with Crippen molar-refractivity contribution in [3.63, 3.8) is 0 Å². The molecule has 2 aromatic rings. The average Bonchev–Trinajstić information content (AvgIpc) is 2.79. The summed E-state index contributed by atoms with van der Waals surface area (Å²) in [6.07, 6.45) is 1.26. The van der Waals surface area contributed by atoms with Gasteiger partial charge in [0.25, 0.3) is 5.56 Å². The van der Waals surface area contributed by atoms with Crippen LogP contribution in [-0.2, 0) is 16.1 Å². The topological polar surface area (TPSA) is 108 Å². The van der Waals surface area contributed by atoms with Crippen molar-refractivity contribution in [2.24, 2.45) is 0 Å². The van der Waals surface area contributed by atoms with Gasteiger partial charge in [-0.2, -0.15) is 0 Å². The van der Waals surface area contributed by atoms with Crippen molar-refractivity contribution in [3.8, 4) is 11.3 Å². The molecule has 0 aliphatic carbocycles. The number of hydrogen-bond acceptors (Lipinski definition) is 6. The van der Waals surface area contributed by atoms with Crippen molar-refractivity contribution >= 4 is 17.8 Å². The number of benzene rings is 1. The molecule has 3 heterocycles. The monoisotopic (exact) mass is 424 g/mol. The van der Waals surface area contributed by atoms with Gasteiger partial charge in [0.1, 0.15) is 6.54 Å². The van der Waals surface area contributed by atoms with Crippen LogP contribution in [0.15, 0.2) is 47.5 Å². The Morgan fingerprint density at radius 2 is 1.81 bits per heavy atom. The standard InChI is InChI=1S/C21H24N6O4/c1-24-18(28)12-17(23-21(24)31)25-7-9-26(10-8-25)20(30)13-27-14-22-16(11-19(27)29)15-5-3-2-4-6-15/h2-6,11,14,17H,7-10,12-13H2,1H3,(H,23,31). The Balaban J connectivity index is 1.34. The maximum absolute atomic E-state index is 12.7. The molecular formula is C21H24N6O4. The number of carbonyl (C=O) groups excluding carboxylic acids is 3. The third kappa shape index (κ3) is 4.48. The van der Waals surface area contributed by atoms with E-state index in [9.17, 15) is 19.2 Å². The first-order valence-corrected chi connectivity index (χ1v) is 10.1. The molecule has 31 heavy (non-hydrogen) atoms. The summed E-state index contributed by atoms with van der Waals surface area (Å²) in [5.74, 6) is -0.391. The molecule has 1 N–H and O–H groups in total. The molecule has 2 saturated heterocycles. The van der Waals surface area contributed by atoms with Crippen LogP contribution >= 0.6 is 0 Å². The summed E-state index contributed by atoms with van der Waals surface area (Å²) in [5, 5.41) is 2.81. The number of carbonyl (C=O) groups is 3. The second kappa shape index (κ2) is 8.68. The molecule has 2 fully saturated rings. The minimum absolute atomic E-state index is 0.0790. The molecule has 1 atom stereocenters. The molecule has 10 heteroatoms. The first kappa shape index (κ1) is 20.7. The van der Waals surface area contributed by atoms with Crippen molar-refractivity contribution in [1.82, 2.24) is 29.6 Å². The van der Waals surface area contributed by atoms with Crippen molar-refractivity contribution < 1.29 is 14.4 Å². The second-order valence-electron chi connectivity index (χ2n) is 7.65. The Morgan fingerprint density at radius 3 is 2.45 bits per heavy atom. The number of urea groups is 1. The molecule has 10 nitrogen and oxygen atoms in total. The first-order valence-electron chi connectivity index (χ1n) is 10.1. The number of nitrogens with zero attached hydrogens (tertiary/aromatic N) is 5. The molecule has 1 unspecified atom stereocenters. The SMILES string of the molecule is CN1C(=O)CC(N2CCN(C(=O)Cn3cnc(-c4ccccc4)cc3=O)CC2)NC1=O. The van der Waals surface area contributed by atoms with Crippen molar-refractivity contribution in [1.29, 1.82) is 0 Å². The summed E-state index contributed by atoms with van der Waals surface area (Å²) in [7, 11) is 1.45. The van der Waals surface area contributed by atoms with Gasteiger partial charge < -0.3 is 10.2 Å². The van der Waals surface area contributed by atoms with Crippen LogP contribution in [0.25, 0.3) is 11.3 Å². The van der Waals surface area contributed by atoms with Crippen molar-refractivity contribution in [2.75, 3.05) is 33.2 Å². The lowest BCUT2D eigenvalue weighted by molar-refractivity contribution is -0.136. The molecular weight excluding hydrogens is 400 g/mol. The Morgan fingerprint density at radius 1 is 1.10 bits per heavy atom. The minimum atomic E-state index is -0.411. The molecule has 2 aliphatic rings. The number of nitrogens with one attached hydrogen (secondary N) is 1. The van der Waals surface area contributed by atoms with E-state index in [1.54, 1.807) is 4.90 Å². The molecule has 4 rings (SSSR count). The molecule has 0 saturated carbocycles. The molecule has 0 radical (unpaired) electrons. The summed E-state index contributed by atoms with van der Waals surface area (Å²) >= 11 is 0. The zero-order chi connectivity index (χ0) is 22.0. The fourth-order valence-corrected chi connectivity index (χ4v) is 3.77. The van der Waals surface area contributed by atoms with Gasteiger partial charge in [-0.25, -0.2) is 9.78 Å². The van der Waals surface area contributed by atoms with E-state index in [4.69, 9.17) is 0 Å². The van der Waals surface area contributed by atoms with Crippen LogP contribution in [0.5, 0.6) is 0 Å². The van der Waals surface area contributed by atoms with E-state index in [0.717, 1.165) is 10.5 Å². The zero-order valence-electron chi connectivity index (χ0n) is 17.2. The van der Waals surface area contributed by atoms with Gasteiger partial charge in [0.15, 0.2) is 0 Å². The molecule has 0 bridgehead atoms. The highest BCUT2D eigenvalue weighted by atomic mass is 16.2. The summed E-state index contributed by atoms with van der Waals surface area (Å²) in [6.45, 7) is 1.91. The Labute approximate surface area is 179 Å². The first-order chi connectivity index (χ1) is 14.9. The third-order valence-electron chi connectivity index (χ3n) is 5.70. The van der Waals surface area contributed by atoms with Crippen LogP contribution in [-0.4, -0.2) is 81.5 Å². The Kier molecular flexibility index (Phi) is 5.81. The predicted octanol–water partition coefficient (Wildman–Crippen LogP) is -0.0477. The molecule has 2 aliphatic heterocycles. The summed E-state index contributed by atoms with van der Waals surface area (Å²) in [6, 6.07) is 10.4. The number of hydrogen-bond donors (Lipinski definition) is 1. The van der Waals surface area contributed by atoms with Crippen LogP contribution in [0.2, 0.25) is 0 Å². The molecule has 1 aromatic carbocycles. The number of rotatable bonds is 4. The number of amides is 4. The van der Waals surface area contributed by atoms with Gasteiger partial charge in [-0.05, 0) is 0 Å². The molecule has 4 amide bonds. The lowest BCUT2D eigenvalue weighted by atomic mass is 10.1. The van der Waals surface area contributed by atoms with Crippen LogP contribution in [0.3, 0.4) is 0 Å². The predicted molar refractivity (Wildman–Crippen MR) is 112 cm³/mol. The van der Waals surface area contributed by atoms with E-state index in [-0.39, 0.29) is 36.5 Å². The van der Waals surface area contributed by atoms with E-state index in [2.05, 4.69) is 10.3 Å². The highest BCUT2D eigenvalue weighted by molar-refractivity contribution is 5.96. The third-order valence-corrected chi connectivity index (χ3v) is 5.70. The quantitative estimate of drug-likeness (QED) is 0.738. The maximum Gasteiger partial charge on any atom is 0.325 e. The maximum atomic E-state index is 12.7. The Bertz CT molecular complexity index is 1030. The Hall–Kier alpha value is -3.53. The van der Waals surface area contributed by atoms with Crippen LogP contribution in [0.1, 0.15) is 6.42 Å². The van der Waals surface area contributed by atoms with Crippen molar-refractivity contribution in [2.45, 2.75) is 19.1 Å². The number of imide groups is 1.